The van der Waals surface area contributed by atoms with E-state index in [1.165, 1.54) is 0 Å². The maximum atomic E-state index is 9.10. The Morgan fingerprint density at radius 1 is 1.47 bits per heavy atom. The Bertz CT molecular complexity index is 337. The molecule has 0 aliphatic heterocycles. The number of nitrogen functional groups attached to an aromatic ring is 1. The SMILES string of the molecule is Cc1cc(NC(C)(CO)CO)ncc1N. The van der Waals surface area contributed by atoms with E-state index in [0.29, 0.717) is 11.5 Å². The summed E-state index contributed by atoms with van der Waals surface area (Å²) in [5.41, 5.74) is 6.39. The summed E-state index contributed by atoms with van der Waals surface area (Å²) in [5.74, 6) is 0.590. The highest BCUT2D eigenvalue weighted by atomic mass is 16.3. The van der Waals surface area contributed by atoms with Gasteiger partial charge < -0.3 is 21.3 Å². The van der Waals surface area contributed by atoms with Gasteiger partial charge >= 0.3 is 0 Å². The molecule has 0 saturated carbocycles. The maximum absolute atomic E-state index is 9.10. The van der Waals surface area contributed by atoms with Gasteiger partial charge in [-0.2, -0.15) is 0 Å². The normalized spacial score (nSPS) is 11.5. The Labute approximate surface area is 89.0 Å². The molecular formula is C10H17N3O2. The highest BCUT2D eigenvalue weighted by Crippen LogP contribution is 2.17. The monoisotopic (exact) mass is 211 g/mol. The average Bonchev–Trinajstić information content (AvgIpc) is 2.23. The molecule has 0 radical (unpaired) electrons. The lowest BCUT2D eigenvalue weighted by Gasteiger charge is -2.26. The van der Waals surface area contributed by atoms with Gasteiger partial charge in [0, 0.05) is 0 Å². The second kappa shape index (κ2) is 4.46. The molecule has 0 amide bonds. The molecule has 5 nitrogen and oxygen atoms in total. The van der Waals surface area contributed by atoms with Crippen LogP contribution in [0.3, 0.4) is 0 Å². The highest BCUT2D eigenvalue weighted by Gasteiger charge is 2.22. The summed E-state index contributed by atoms with van der Waals surface area (Å²) in [6.45, 7) is 3.24. The van der Waals surface area contributed by atoms with Crippen molar-refractivity contribution < 1.29 is 10.2 Å². The standard InChI is InChI=1S/C10H17N3O2/c1-7-3-9(12-4-8(7)11)13-10(2,5-14)6-15/h3-4,14-15H,5-6,11H2,1-2H3,(H,12,13). The van der Waals surface area contributed by atoms with Crippen LogP contribution < -0.4 is 11.1 Å². The van der Waals surface area contributed by atoms with Crippen LogP contribution >= 0.6 is 0 Å². The minimum absolute atomic E-state index is 0.172. The topological polar surface area (TPSA) is 91.4 Å². The van der Waals surface area contributed by atoms with E-state index in [1.54, 1.807) is 19.2 Å². The fourth-order valence-electron chi connectivity index (χ4n) is 1.07. The number of nitrogens with one attached hydrogen (secondary N) is 1. The molecule has 1 aromatic heterocycles. The molecule has 0 atom stereocenters. The van der Waals surface area contributed by atoms with Gasteiger partial charge in [-0.05, 0) is 25.5 Å². The Morgan fingerprint density at radius 3 is 2.53 bits per heavy atom. The molecule has 84 valence electrons. The fourth-order valence-corrected chi connectivity index (χ4v) is 1.07. The summed E-state index contributed by atoms with van der Waals surface area (Å²) in [6, 6.07) is 1.78. The summed E-state index contributed by atoms with van der Waals surface area (Å²) >= 11 is 0. The number of aryl methyl sites for hydroxylation is 1. The molecule has 0 bridgehead atoms. The largest absolute Gasteiger partial charge is 0.397 e. The van der Waals surface area contributed by atoms with Crippen LogP contribution in [0.15, 0.2) is 12.3 Å². The zero-order chi connectivity index (χ0) is 11.5. The van der Waals surface area contributed by atoms with E-state index >= 15 is 0 Å². The fraction of sp³-hybridized carbons (Fsp3) is 0.500. The number of aliphatic hydroxyl groups excluding tert-OH is 2. The predicted molar refractivity (Wildman–Crippen MR) is 59.6 cm³/mol. The Kier molecular flexibility index (Phi) is 3.49. The van der Waals surface area contributed by atoms with Crippen LogP contribution in [-0.2, 0) is 0 Å². The smallest absolute Gasteiger partial charge is 0.126 e. The summed E-state index contributed by atoms with van der Waals surface area (Å²) in [5, 5.41) is 21.1. The van der Waals surface area contributed by atoms with Gasteiger partial charge in [0.05, 0.1) is 30.6 Å². The molecule has 0 saturated heterocycles. The predicted octanol–water partition coefficient (Wildman–Crippen LogP) is 0.127. The van der Waals surface area contributed by atoms with Crippen LogP contribution in [0.1, 0.15) is 12.5 Å². The number of anilines is 2. The van der Waals surface area contributed by atoms with Gasteiger partial charge in [0.1, 0.15) is 5.82 Å². The van der Waals surface area contributed by atoms with E-state index in [0.717, 1.165) is 5.56 Å². The number of rotatable bonds is 4. The summed E-state index contributed by atoms with van der Waals surface area (Å²) in [4.78, 5) is 4.06. The van der Waals surface area contributed by atoms with Gasteiger partial charge in [0.2, 0.25) is 0 Å². The van der Waals surface area contributed by atoms with Crippen LogP contribution in [-0.4, -0.2) is 33.9 Å². The molecule has 0 aliphatic rings. The molecule has 5 N–H and O–H groups in total. The molecule has 5 heteroatoms. The van der Waals surface area contributed by atoms with Crippen molar-refractivity contribution in [3.63, 3.8) is 0 Å². The van der Waals surface area contributed by atoms with E-state index in [1.807, 2.05) is 6.92 Å². The maximum Gasteiger partial charge on any atom is 0.126 e. The zero-order valence-corrected chi connectivity index (χ0v) is 8.99. The second-order valence-electron chi connectivity index (χ2n) is 3.93. The lowest BCUT2D eigenvalue weighted by Crippen LogP contribution is -2.42. The second-order valence-corrected chi connectivity index (χ2v) is 3.93. The van der Waals surface area contributed by atoms with Crippen LogP contribution in [0.25, 0.3) is 0 Å². The van der Waals surface area contributed by atoms with Crippen molar-refractivity contribution in [2.75, 3.05) is 24.3 Å². The molecule has 0 aromatic carbocycles. The first kappa shape index (κ1) is 11.7. The summed E-state index contributed by atoms with van der Waals surface area (Å²) < 4.78 is 0. The van der Waals surface area contributed by atoms with Crippen LogP contribution in [0.5, 0.6) is 0 Å². The number of aromatic nitrogens is 1. The van der Waals surface area contributed by atoms with Gasteiger partial charge in [-0.1, -0.05) is 0 Å². The van der Waals surface area contributed by atoms with Crippen molar-refractivity contribution in [1.82, 2.24) is 4.98 Å². The molecule has 0 unspecified atom stereocenters. The van der Waals surface area contributed by atoms with Gasteiger partial charge in [0.25, 0.3) is 0 Å². The Morgan fingerprint density at radius 2 is 2.07 bits per heavy atom. The van der Waals surface area contributed by atoms with E-state index in [2.05, 4.69) is 10.3 Å². The zero-order valence-electron chi connectivity index (χ0n) is 8.99. The van der Waals surface area contributed by atoms with Crippen LogP contribution in [0.2, 0.25) is 0 Å². The number of hydrogen-bond acceptors (Lipinski definition) is 5. The number of hydrogen-bond donors (Lipinski definition) is 4. The summed E-state index contributed by atoms with van der Waals surface area (Å²) in [6.07, 6.45) is 1.55. The van der Waals surface area contributed by atoms with E-state index < -0.39 is 5.54 Å². The highest BCUT2D eigenvalue weighted by molar-refractivity contribution is 5.51. The van der Waals surface area contributed by atoms with E-state index in [-0.39, 0.29) is 13.2 Å². The van der Waals surface area contributed by atoms with Crippen molar-refractivity contribution in [3.8, 4) is 0 Å². The molecule has 0 spiro atoms. The van der Waals surface area contributed by atoms with Crippen molar-refractivity contribution in [3.05, 3.63) is 17.8 Å². The lowest BCUT2D eigenvalue weighted by atomic mass is 10.1. The first-order chi connectivity index (χ1) is 7.00. The third kappa shape index (κ3) is 2.81. The molecule has 0 fully saturated rings. The minimum Gasteiger partial charge on any atom is -0.397 e. The molecule has 15 heavy (non-hydrogen) atoms. The van der Waals surface area contributed by atoms with Gasteiger partial charge in [-0.25, -0.2) is 4.98 Å². The molecule has 1 heterocycles. The average molecular weight is 211 g/mol. The Hall–Kier alpha value is -1.33. The number of nitrogens with zero attached hydrogens (tertiary/aromatic N) is 1. The molecule has 0 aliphatic carbocycles. The first-order valence-corrected chi connectivity index (χ1v) is 4.73. The van der Waals surface area contributed by atoms with Crippen LogP contribution in [0, 0.1) is 6.92 Å². The molecular weight excluding hydrogens is 194 g/mol. The van der Waals surface area contributed by atoms with E-state index in [9.17, 15) is 0 Å². The first-order valence-electron chi connectivity index (χ1n) is 4.73. The third-order valence-electron chi connectivity index (χ3n) is 2.28. The third-order valence-corrected chi connectivity index (χ3v) is 2.28. The van der Waals surface area contributed by atoms with Gasteiger partial charge in [-0.15, -0.1) is 0 Å². The molecule has 1 rings (SSSR count). The van der Waals surface area contributed by atoms with Crippen molar-refractivity contribution in [2.45, 2.75) is 19.4 Å². The lowest BCUT2D eigenvalue weighted by molar-refractivity contribution is 0.147. The quantitative estimate of drug-likeness (QED) is 0.568. The van der Waals surface area contributed by atoms with Crippen LogP contribution in [0.4, 0.5) is 11.5 Å². The Balaban J connectivity index is 2.85. The van der Waals surface area contributed by atoms with E-state index in [4.69, 9.17) is 15.9 Å². The van der Waals surface area contributed by atoms with Crippen molar-refractivity contribution >= 4 is 11.5 Å². The van der Waals surface area contributed by atoms with Crippen molar-refractivity contribution in [2.24, 2.45) is 0 Å². The molecule has 1 aromatic rings. The minimum atomic E-state index is -0.768. The number of pyridine rings is 1. The van der Waals surface area contributed by atoms with Gasteiger partial charge in [-0.3, -0.25) is 0 Å². The van der Waals surface area contributed by atoms with Crippen molar-refractivity contribution in [1.29, 1.82) is 0 Å². The summed E-state index contributed by atoms with van der Waals surface area (Å²) in [7, 11) is 0. The number of aliphatic hydroxyl groups is 2. The van der Waals surface area contributed by atoms with Gasteiger partial charge in [0.15, 0.2) is 0 Å². The number of nitrogens with two attached hydrogens (primary N) is 1.